The summed E-state index contributed by atoms with van der Waals surface area (Å²) < 4.78 is 0.740. The van der Waals surface area contributed by atoms with E-state index in [4.69, 9.17) is 0 Å². The van der Waals surface area contributed by atoms with Crippen molar-refractivity contribution in [3.05, 3.63) is 32.3 Å². The lowest BCUT2D eigenvalue weighted by atomic mass is 10.1. The Kier molecular flexibility index (Phi) is 4.76. The van der Waals surface area contributed by atoms with Crippen LogP contribution in [0.2, 0.25) is 0 Å². The lowest BCUT2D eigenvalue weighted by Crippen LogP contribution is -2.24. The first-order chi connectivity index (χ1) is 9.08. The van der Waals surface area contributed by atoms with E-state index in [1.165, 1.54) is 12.8 Å². The number of benzene rings is 1. The Morgan fingerprint density at radius 3 is 3.00 bits per heavy atom. The fraction of sp³-hybridized carbons (Fsp3) is 0.538. The molecular weight excluding hydrogens is 310 g/mol. The Morgan fingerprint density at radius 2 is 2.37 bits per heavy atom. The number of rotatable bonds is 5. The molecule has 5 nitrogen and oxygen atoms in total. The first-order valence-electron chi connectivity index (χ1n) is 6.49. The number of nitro benzene ring substituents is 1. The maximum atomic E-state index is 10.8. The van der Waals surface area contributed by atoms with Crippen LogP contribution in [0.4, 0.5) is 11.4 Å². The molecule has 6 heteroatoms. The third kappa shape index (κ3) is 3.67. The minimum absolute atomic E-state index is 0.148. The molecule has 0 aromatic heterocycles. The minimum atomic E-state index is -0.355. The molecule has 1 fully saturated rings. The SMILES string of the molecule is Cc1cc(NCC[C@@H]2CCCN2)c(Br)cc1[N+](=O)[O-]. The number of hydrogen-bond acceptors (Lipinski definition) is 4. The number of nitrogens with zero attached hydrogens (tertiary/aromatic N) is 1. The lowest BCUT2D eigenvalue weighted by molar-refractivity contribution is -0.385. The van der Waals surface area contributed by atoms with E-state index in [1.54, 1.807) is 13.0 Å². The molecule has 104 valence electrons. The second-order valence-electron chi connectivity index (χ2n) is 4.88. The average molecular weight is 328 g/mol. The molecule has 1 saturated heterocycles. The van der Waals surface area contributed by atoms with Gasteiger partial charge in [0.2, 0.25) is 0 Å². The number of nitrogens with one attached hydrogen (secondary N) is 2. The molecule has 2 rings (SSSR count). The van der Waals surface area contributed by atoms with Crippen LogP contribution in [0, 0.1) is 17.0 Å². The summed E-state index contributed by atoms with van der Waals surface area (Å²) in [6.07, 6.45) is 3.57. The van der Waals surface area contributed by atoms with Crippen molar-refractivity contribution in [1.82, 2.24) is 5.32 Å². The van der Waals surface area contributed by atoms with Crippen LogP contribution in [-0.2, 0) is 0 Å². The fourth-order valence-electron chi connectivity index (χ4n) is 2.39. The Bertz CT molecular complexity index is 473. The third-order valence-electron chi connectivity index (χ3n) is 3.45. The summed E-state index contributed by atoms with van der Waals surface area (Å²) in [6, 6.07) is 3.99. The van der Waals surface area contributed by atoms with E-state index in [0.717, 1.165) is 29.7 Å². The molecule has 1 aliphatic rings. The lowest BCUT2D eigenvalue weighted by Gasteiger charge is -2.13. The van der Waals surface area contributed by atoms with Gasteiger partial charge in [-0.2, -0.15) is 0 Å². The summed E-state index contributed by atoms with van der Waals surface area (Å²) in [5.74, 6) is 0. The van der Waals surface area contributed by atoms with Gasteiger partial charge in [0, 0.05) is 34.4 Å². The average Bonchev–Trinajstić information content (AvgIpc) is 2.85. The van der Waals surface area contributed by atoms with E-state index in [9.17, 15) is 10.1 Å². The first-order valence-corrected chi connectivity index (χ1v) is 7.29. The van der Waals surface area contributed by atoms with Crippen LogP contribution in [-0.4, -0.2) is 24.1 Å². The van der Waals surface area contributed by atoms with Crippen molar-refractivity contribution in [3.63, 3.8) is 0 Å². The first kappa shape index (κ1) is 14.3. The maximum absolute atomic E-state index is 10.8. The second-order valence-corrected chi connectivity index (χ2v) is 5.74. The van der Waals surface area contributed by atoms with Gasteiger partial charge in [0.1, 0.15) is 0 Å². The van der Waals surface area contributed by atoms with Crippen molar-refractivity contribution < 1.29 is 4.92 Å². The molecule has 19 heavy (non-hydrogen) atoms. The van der Waals surface area contributed by atoms with Crippen LogP contribution in [0.5, 0.6) is 0 Å². The number of aryl methyl sites for hydroxylation is 1. The normalized spacial score (nSPS) is 18.5. The number of anilines is 1. The van der Waals surface area contributed by atoms with Crippen LogP contribution >= 0.6 is 15.9 Å². The third-order valence-corrected chi connectivity index (χ3v) is 4.11. The zero-order valence-corrected chi connectivity index (χ0v) is 12.5. The van der Waals surface area contributed by atoms with E-state index in [-0.39, 0.29) is 10.6 Å². The Hall–Kier alpha value is -1.14. The van der Waals surface area contributed by atoms with E-state index in [0.29, 0.717) is 11.6 Å². The molecule has 0 bridgehead atoms. The largest absolute Gasteiger partial charge is 0.384 e. The van der Waals surface area contributed by atoms with E-state index in [2.05, 4.69) is 26.6 Å². The van der Waals surface area contributed by atoms with Gasteiger partial charge in [-0.3, -0.25) is 10.1 Å². The number of halogens is 1. The molecule has 0 radical (unpaired) electrons. The molecule has 1 aromatic carbocycles. The highest BCUT2D eigenvalue weighted by molar-refractivity contribution is 9.10. The van der Waals surface area contributed by atoms with Gasteiger partial charge in [-0.1, -0.05) is 0 Å². The number of nitro groups is 1. The molecule has 0 saturated carbocycles. The molecule has 1 heterocycles. The summed E-state index contributed by atoms with van der Waals surface area (Å²) in [7, 11) is 0. The topological polar surface area (TPSA) is 67.2 Å². The van der Waals surface area contributed by atoms with E-state index < -0.39 is 0 Å². The van der Waals surface area contributed by atoms with Gasteiger partial charge in [0.15, 0.2) is 0 Å². The molecule has 0 unspecified atom stereocenters. The molecule has 1 aromatic rings. The highest BCUT2D eigenvalue weighted by atomic mass is 79.9. The summed E-state index contributed by atoms with van der Waals surface area (Å²) in [6.45, 7) is 3.74. The van der Waals surface area contributed by atoms with Crippen LogP contribution in [0.15, 0.2) is 16.6 Å². The zero-order valence-electron chi connectivity index (χ0n) is 10.9. The Morgan fingerprint density at radius 1 is 1.58 bits per heavy atom. The van der Waals surface area contributed by atoms with Gasteiger partial charge in [-0.15, -0.1) is 0 Å². The zero-order chi connectivity index (χ0) is 13.8. The summed E-state index contributed by atoms with van der Waals surface area (Å²) in [4.78, 5) is 10.5. The van der Waals surface area contributed by atoms with Crippen LogP contribution in [0.3, 0.4) is 0 Å². The van der Waals surface area contributed by atoms with Gasteiger partial charge >= 0.3 is 0 Å². The Balaban J connectivity index is 1.96. The van der Waals surface area contributed by atoms with Crippen molar-refractivity contribution in [2.75, 3.05) is 18.4 Å². The molecule has 0 aliphatic carbocycles. The van der Waals surface area contributed by atoms with Crippen molar-refractivity contribution in [1.29, 1.82) is 0 Å². The quantitative estimate of drug-likeness (QED) is 0.643. The van der Waals surface area contributed by atoms with Crippen molar-refractivity contribution in [3.8, 4) is 0 Å². The van der Waals surface area contributed by atoms with Gasteiger partial charge in [0.25, 0.3) is 5.69 Å². The molecule has 1 atom stereocenters. The highest BCUT2D eigenvalue weighted by Crippen LogP contribution is 2.30. The summed E-state index contributed by atoms with van der Waals surface area (Å²) >= 11 is 3.38. The fourth-order valence-corrected chi connectivity index (χ4v) is 2.86. The van der Waals surface area contributed by atoms with Crippen LogP contribution < -0.4 is 10.6 Å². The van der Waals surface area contributed by atoms with E-state index in [1.807, 2.05) is 6.07 Å². The highest BCUT2D eigenvalue weighted by Gasteiger charge is 2.15. The van der Waals surface area contributed by atoms with Crippen molar-refractivity contribution in [2.45, 2.75) is 32.2 Å². The molecule has 0 spiro atoms. The van der Waals surface area contributed by atoms with Gasteiger partial charge in [-0.05, 0) is 54.7 Å². The molecule has 2 N–H and O–H groups in total. The summed E-state index contributed by atoms with van der Waals surface area (Å²) in [5, 5.41) is 17.6. The van der Waals surface area contributed by atoms with Crippen molar-refractivity contribution in [2.24, 2.45) is 0 Å². The van der Waals surface area contributed by atoms with E-state index >= 15 is 0 Å². The molecular formula is C13H18BrN3O2. The molecule has 1 aliphatic heterocycles. The maximum Gasteiger partial charge on any atom is 0.273 e. The predicted octanol–water partition coefficient (Wildman–Crippen LogP) is 3.22. The van der Waals surface area contributed by atoms with Gasteiger partial charge < -0.3 is 10.6 Å². The standard InChI is InChI=1S/C13H18BrN3O2/c1-9-7-12(11(14)8-13(9)17(18)19)16-6-4-10-3-2-5-15-10/h7-8,10,15-16H,2-6H2,1H3/t10-/m0/s1. The predicted molar refractivity (Wildman–Crippen MR) is 79.7 cm³/mol. The molecule has 0 amide bonds. The minimum Gasteiger partial charge on any atom is -0.384 e. The van der Waals surface area contributed by atoms with Crippen LogP contribution in [0.1, 0.15) is 24.8 Å². The van der Waals surface area contributed by atoms with Gasteiger partial charge in [-0.25, -0.2) is 0 Å². The van der Waals surface area contributed by atoms with Crippen molar-refractivity contribution >= 4 is 27.3 Å². The van der Waals surface area contributed by atoms with Crippen LogP contribution in [0.25, 0.3) is 0 Å². The second kappa shape index (κ2) is 6.34. The smallest absolute Gasteiger partial charge is 0.273 e. The number of hydrogen-bond donors (Lipinski definition) is 2. The van der Waals surface area contributed by atoms with Gasteiger partial charge in [0.05, 0.1) is 4.92 Å². The Labute approximate surface area is 121 Å². The monoisotopic (exact) mass is 327 g/mol. The summed E-state index contributed by atoms with van der Waals surface area (Å²) in [5.41, 5.74) is 1.74.